The number of halogens is 3. The van der Waals surface area contributed by atoms with E-state index in [4.69, 9.17) is 0 Å². The third-order valence-electron chi connectivity index (χ3n) is 6.19. The van der Waals surface area contributed by atoms with Gasteiger partial charge >= 0.3 is 162 Å². The van der Waals surface area contributed by atoms with Crippen molar-refractivity contribution in [2.24, 2.45) is 5.41 Å². The molecule has 1 unspecified atom stereocenters. The van der Waals surface area contributed by atoms with Crippen LogP contribution in [0.1, 0.15) is 59.3 Å². The molecule has 0 spiro atoms. The molecular weight excluding hydrogens is 447 g/mol. The molecule has 2 aliphatic rings. The van der Waals surface area contributed by atoms with Gasteiger partial charge in [0.25, 0.3) is 0 Å². The predicted octanol–water partition coefficient (Wildman–Crippen LogP) is -2.97. The molecule has 27 heavy (non-hydrogen) atoms. The van der Waals surface area contributed by atoms with Gasteiger partial charge in [0.15, 0.2) is 0 Å². The van der Waals surface area contributed by atoms with Gasteiger partial charge in [-0.1, -0.05) is 0 Å². The molecule has 0 saturated heterocycles. The monoisotopic (exact) mass is 476 g/mol. The minimum Gasteiger partial charge on any atom is -1.00 e. The van der Waals surface area contributed by atoms with Crippen LogP contribution in [-0.2, 0) is 20.4 Å². The van der Waals surface area contributed by atoms with Gasteiger partial charge in [0, 0.05) is 0 Å². The second-order valence-corrected chi connectivity index (χ2v) is 14.1. The Morgan fingerprint density at radius 1 is 0.926 bits per heavy atom. The normalized spacial score (nSPS) is 20.0. The largest absolute Gasteiger partial charge is 1.00 e. The van der Waals surface area contributed by atoms with E-state index < -0.39 is 8.07 Å². The molecule has 3 rings (SSSR count). The average Bonchev–Trinajstić information content (AvgIpc) is 2.98. The minimum absolute atomic E-state index is 0. The van der Waals surface area contributed by atoms with Gasteiger partial charge in [-0.2, -0.15) is 0 Å². The first-order chi connectivity index (χ1) is 11.3. The zero-order chi connectivity index (χ0) is 17.4. The summed E-state index contributed by atoms with van der Waals surface area (Å²) in [5.41, 5.74) is 2.85. The second kappa shape index (κ2) is 11.0. The summed E-state index contributed by atoms with van der Waals surface area (Å²) in [5, 5.41) is 3.42. The number of hydrogen-bond donors (Lipinski definition) is 0. The molecule has 0 amide bonds. The minimum atomic E-state index is -1.70. The van der Waals surface area contributed by atoms with Gasteiger partial charge < -0.3 is 37.2 Å². The van der Waals surface area contributed by atoms with Crippen molar-refractivity contribution in [2.75, 3.05) is 0 Å². The van der Waals surface area contributed by atoms with Gasteiger partial charge in [0.1, 0.15) is 0 Å². The molecule has 0 bridgehead atoms. The van der Waals surface area contributed by atoms with E-state index in [0.29, 0.717) is 0 Å². The quantitative estimate of drug-likeness (QED) is 0.408. The summed E-state index contributed by atoms with van der Waals surface area (Å²) < 4.78 is 1.61. The van der Waals surface area contributed by atoms with Gasteiger partial charge in [-0.15, -0.1) is 0 Å². The van der Waals surface area contributed by atoms with E-state index in [1.165, 1.54) is 38.5 Å². The van der Waals surface area contributed by atoms with Crippen molar-refractivity contribution in [3.8, 4) is 0 Å². The van der Waals surface area contributed by atoms with Crippen LogP contribution in [0.4, 0.5) is 0 Å². The van der Waals surface area contributed by atoms with Gasteiger partial charge in [0.05, 0.1) is 0 Å². The van der Waals surface area contributed by atoms with E-state index in [1.807, 2.05) is 0 Å². The van der Waals surface area contributed by atoms with E-state index in [2.05, 4.69) is 84.2 Å². The maximum Gasteiger partial charge on any atom is -1.00 e. The first-order valence-electron chi connectivity index (χ1n) is 9.57. The van der Waals surface area contributed by atoms with Gasteiger partial charge in [0.2, 0.25) is 0 Å². The van der Waals surface area contributed by atoms with Crippen molar-refractivity contribution in [3.05, 3.63) is 51.1 Å². The molecule has 5 heteroatoms. The van der Waals surface area contributed by atoms with Crippen LogP contribution in [0.15, 0.2) is 51.1 Å². The van der Waals surface area contributed by atoms with Crippen molar-refractivity contribution in [1.29, 1.82) is 0 Å². The Hall–Kier alpha value is 0.501. The first-order valence-corrected chi connectivity index (χ1v) is 12.9. The molecule has 0 N–H and O–H groups in total. The third kappa shape index (κ3) is 5.56. The topological polar surface area (TPSA) is 0 Å². The fourth-order valence-electron chi connectivity index (χ4n) is 4.97. The summed E-state index contributed by atoms with van der Waals surface area (Å²) in [5.74, 6) is 0. The molecular formula is C22H31Cl3SiTi. The molecule has 1 aromatic carbocycles. The summed E-state index contributed by atoms with van der Waals surface area (Å²) >= 11 is 2.37. The Morgan fingerprint density at radius 3 is 2.00 bits per heavy atom. The summed E-state index contributed by atoms with van der Waals surface area (Å²) in [6, 6.07) is 11.5. The Kier molecular flexibility index (Phi) is 11.3. The van der Waals surface area contributed by atoms with Crippen molar-refractivity contribution >= 4 is 13.3 Å². The Bertz CT molecular complexity index is 658. The number of rotatable bonds is 3. The summed E-state index contributed by atoms with van der Waals surface area (Å²) in [6.07, 6.45) is 11.0. The maximum atomic E-state index is 2.68. The van der Waals surface area contributed by atoms with Crippen LogP contribution in [0.5, 0.6) is 0 Å². The van der Waals surface area contributed by atoms with Crippen LogP contribution in [0.2, 0.25) is 12.1 Å². The number of hydrogen-bond acceptors (Lipinski definition) is 0. The third-order valence-corrected chi connectivity index (χ3v) is 12.2. The van der Waals surface area contributed by atoms with E-state index in [9.17, 15) is 0 Å². The molecule has 148 valence electrons. The van der Waals surface area contributed by atoms with Crippen LogP contribution < -0.4 is 42.4 Å². The van der Waals surface area contributed by atoms with Crippen LogP contribution >= 0.6 is 0 Å². The van der Waals surface area contributed by atoms with E-state index in [-0.39, 0.29) is 42.6 Å². The van der Waals surface area contributed by atoms with E-state index >= 15 is 0 Å². The zero-order valence-electron chi connectivity index (χ0n) is 16.9. The second-order valence-electron chi connectivity index (χ2n) is 8.83. The van der Waals surface area contributed by atoms with E-state index in [1.54, 1.807) is 19.8 Å². The van der Waals surface area contributed by atoms with Gasteiger partial charge in [-0.3, -0.25) is 0 Å². The van der Waals surface area contributed by atoms with Gasteiger partial charge in [-0.05, 0) is 0 Å². The molecule has 1 saturated carbocycles. The van der Waals surface area contributed by atoms with Crippen LogP contribution in [-0.4, -0.2) is 8.07 Å². The SMILES string of the molecule is CC(C)(C)C1=[C]([Ti+3])CC=C1[Si](C)(c1ccccc1)C1CCCCC1.[Cl-].[Cl-].[Cl-]. The predicted molar refractivity (Wildman–Crippen MR) is 104 cm³/mol. The fourth-order valence-corrected chi connectivity index (χ4v) is 11.4. The van der Waals surface area contributed by atoms with Crippen molar-refractivity contribution in [3.63, 3.8) is 0 Å². The van der Waals surface area contributed by atoms with Crippen LogP contribution in [0, 0.1) is 5.41 Å². The Morgan fingerprint density at radius 2 is 1.48 bits per heavy atom. The molecule has 1 fully saturated rings. The standard InChI is InChI=1S/C22H31Si.3ClH.Ti/c1-22(2,3)20-16-11-17-21(20)23(4,18-12-7-5-8-13-18)19-14-9-6-10-15-19;;;;/h5,7-8,12-13,17,19H,6,9-11,14-15H2,1-4H3;3*1H;/q;;;;+3/p-3. The number of benzene rings is 1. The fraction of sp³-hybridized carbons (Fsp3) is 0.545. The molecule has 0 radical (unpaired) electrons. The first kappa shape index (κ1) is 27.5. The molecule has 0 aromatic heterocycles. The maximum absolute atomic E-state index is 2.68. The molecule has 1 atom stereocenters. The molecule has 0 heterocycles. The summed E-state index contributed by atoms with van der Waals surface area (Å²) in [7, 11) is -1.70. The number of allylic oxidation sites excluding steroid dienone is 4. The van der Waals surface area contributed by atoms with Crippen molar-refractivity contribution in [1.82, 2.24) is 0 Å². The molecule has 2 aliphatic carbocycles. The molecule has 0 nitrogen and oxygen atoms in total. The summed E-state index contributed by atoms with van der Waals surface area (Å²) in [4.78, 5) is 0. The Labute approximate surface area is 197 Å². The zero-order valence-corrected chi connectivity index (χ0v) is 21.7. The molecule has 0 aliphatic heterocycles. The van der Waals surface area contributed by atoms with Crippen molar-refractivity contribution in [2.45, 2.75) is 71.4 Å². The average molecular weight is 478 g/mol. The van der Waals surface area contributed by atoms with Crippen LogP contribution in [0.3, 0.4) is 0 Å². The molecule has 1 aromatic rings. The van der Waals surface area contributed by atoms with Crippen LogP contribution in [0.25, 0.3) is 0 Å². The van der Waals surface area contributed by atoms with Gasteiger partial charge in [-0.25, -0.2) is 0 Å². The smallest absolute Gasteiger partial charge is 1.00 e. The van der Waals surface area contributed by atoms with Crippen molar-refractivity contribution < 1.29 is 57.7 Å². The van der Waals surface area contributed by atoms with E-state index in [0.717, 1.165) is 5.54 Å². The summed E-state index contributed by atoms with van der Waals surface area (Å²) in [6.45, 7) is 9.90. The Balaban J connectivity index is 0.00000225.